The molecule has 0 aliphatic carbocycles. The highest BCUT2D eigenvalue weighted by Crippen LogP contribution is 2.34. The lowest BCUT2D eigenvalue weighted by atomic mass is 9.97. The van der Waals surface area contributed by atoms with E-state index in [9.17, 15) is 19.2 Å². The first-order valence-corrected chi connectivity index (χ1v) is 14.1. The van der Waals surface area contributed by atoms with Crippen molar-refractivity contribution in [3.8, 4) is 0 Å². The summed E-state index contributed by atoms with van der Waals surface area (Å²) in [6.45, 7) is 16.7. The van der Waals surface area contributed by atoms with Gasteiger partial charge < -0.3 is 25.6 Å². The zero-order chi connectivity index (χ0) is 31.6. The number of nitrogens with one attached hydrogen (secondary N) is 1. The first-order valence-electron chi connectivity index (χ1n) is 13.7. The van der Waals surface area contributed by atoms with Gasteiger partial charge >= 0.3 is 18.2 Å². The number of aliphatic carboxylic acids is 1. The molecule has 0 spiro atoms. The number of benzene rings is 1. The number of likely N-dealkylation sites (tertiary alicyclic amines) is 2. The highest BCUT2D eigenvalue weighted by molar-refractivity contribution is 6.32. The lowest BCUT2D eigenvalue weighted by Gasteiger charge is -2.35. The average molecular weight is 597 g/mol. The SMILES string of the molecule is CC(C)(C)OC(=O)N1CCC[C@@]1(C)C(=O)O.Cc1c(Cl)ccc(NC(=O)[C@]2(C)CCCN2C(=O)OC(C)(C)C)c1N. The molecule has 2 saturated heterocycles. The number of nitrogens with two attached hydrogens (primary N) is 1. The maximum atomic E-state index is 12.9. The number of nitrogen functional groups attached to an aromatic ring is 1. The lowest BCUT2D eigenvalue weighted by molar-refractivity contribution is -0.148. The molecule has 0 saturated carbocycles. The topological polar surface area (TPSA) is 152 Å². The summed E-state index contributed by atoms with van der Waals surface area (Å²) < 4.78 is 10.6. The van der Waals surface area contributed by atoms with E-state index in [0.29, 0.717) is 54.3 Å². The minimum absolute atomic E-state index is 0.288. The number of rotatable bonds is 3. The minimum atomic E-state index is -1.12. The summed E-state index contributed by atoms with van der Waals surface area (Å²) in [5, 5.41) is 12.5. The van der Waals surface area contributed by atoms with Crippen LogP contribution in [0.3, 0.4) is 0 Å². The van der Waals surface area contributed by atoms with Crippen molar-refractivity contribution < 1.29 is 33.8 Å². The van der Waals surface area contributed by atoms with Crippen LogP contribution in [-0.4, -0.2) is 74.3 Å². The molecule has 1 aromatic carbocycles. The quantitative estimate of drug-likeness (QED) is 0.369. The van der Waals surface area contributed by atoms with Gasteiger partial charge in [-0.3, -0.25) is 14.6 Å². The van der Waals surface area contributed by atoms with E-state index in [-0.39, 0.29) is 5.91 Å². The van der Waals surface area contributed by atoms with Gasteiger partial charge in [-0.2, -0.15) is 0 Å². The Bertz CT molecular complexity index is 1180. The van der Waals surface area contributed by atoms with E-state index in [4.69, 9.17) is 31.9 Å². The first kappa shape index (κ1) is 34.0. The minimum Gasteiger partial charge on any atom is -0.480 e. The summed E-state index contributed by atoms with van der Waals surface area (Å²) >= 11 is 6.04. The molecule has 230 valence electrons. The van der Waals surface area contributed by atoms with Crippen LogP contribution < -0.4 is 11.1 Å². The molecule has 2 aliphatic heterocycles. The molecule has 3 amide bonds. The predicted molar refractivity (Wildman–Crippen MR) is 158 cm³/mol. The molecule has 2 atom stereocenters. The molecule has 41 heavy (non-hydrogen) atoms. The van der Waals surface area contributed by atoms with Crippen molar-refractivity contribution in [1.82, 2.24) is 9.80 Å². The third kappa shape index (κ3) is 8.18. The largest absolute Gasteiger partial charge is 0.480 e. The van der Waals surface area contributed by atoms with Gasteiger partial charge in [0, 0.05) is 18.1 Å². The van der Waals surface area contributed by atoms with Crippen LogP contribution in [0.15, 0.2) is 12.1 Å². The highest BCUT2D eigenvalue weighted by Gasteiger charge is 2.48. The van der Waals surface area contributed by atoms with E-state index in [1.807, 2.05) is 0 Å². The van der Waals surface area contributed by atoms with E-state index in [2.05, 4.69) is 5.32 Å². The Morgan fingerprint density at radius 2 is 1.34 bits per heavy atom. The molecule has 4 N–H and O–H groups in total. The van der Waals surface area contributed by atoms with Gasteiger partial charge in [0.15, 0.2) is 0 Å². The Morgan fingerprint density at radius 1 is 0.902 bits per heavy atom. The van der Waals surface area contributed by atoms with Crippen molar-refractivity contribution in [2.75, 3.05) is 24.1 Å². The molecular weight excluding hydrogens is 552 g/mol. The number of hydrogen-bond donors (Lipinski definition) is 3. The standard InChI is InChI=1S/C18H26ClN3O3.C11H19NO4/c1-11-12(19)7-8-13(14(11)20)21-15(23)18(5)9-6-10-22(18)16(24)25-17(2,3)4;1-10(2,3)16-9(15)12-7-5-6-11(12,4)8(13)14/h7-8H,6,9-10,20H2,1-5H3,(H,21,23);5-7H2,1-4H3,(H,13,14)/t18-;11-/m00/s1. The Balaban J connectivity index is 0.000000317. The maximum Gasteiger partial charge on any atom is 0.411 e. The normalized spacial score (nSPS) is 22.5. The van der Waals surface area contributed by atoms with Gasteiger partial charge in [0.05, 0.1) is 11.4 Å². The van der Waals surface area contributed by atoms with Gasteiger partial charge in [-0.1, -0.05) is 11.6 Å². The molecule has 0 unspecified atom stereocenters. The summed E-state index contributed by atoms with van der Waals surface area (Å²) in [7, 11) is 0. The number of carboxylic acids is 1. The molecule has 2 aliphatic rings. The number of carbonyl (C=O) groups is 4. The van der Waals surface area contributed by atoms with Crippen LogP contribution in [0.2, 0.25) is 5.02 Å². The van der Waals surface area contributed by atoms with Gasteiger partial charge in [-0.05, 0) is 106 Å². The molecular formula is C29H45ClN4O7. The smallest absolute Gasteiger partial charge is 0.411 e. The molecule has 11 nitrogen and oxygen atoms in total. The van der Waals surface area contributed by atoms with Crippen LogP contribution in [0.4, 0.5) is 21.0 Å². The number of hydrogen-bond acceptors (Lipinski definition) is 7. The fourth-order valence-corrected chi connectivity index (χ4v) is 4.84. The second-order valence-electron chi connectivity index (χ2n) is 12.9. The van der Waals surface area contributed by atoms with Gasteiger partial charge in [0.2, 0.25) is 5.91 Å². The van der Waals surface area contributed by atoms with E-state index < -0.39 is 40.4 Å². The molecule has 1 aromatic rings. The van der Waals surface area contributed by atoms with E-state index in [1.165, 1.54) is 9.80 Å². The molecule has 2 fully saturated rings. The van der Waals surface area contributed by atoms with E-state index in [1.54, 1.807) is 74.4 Å². The number of ether oxygens (including phenoxy) is 2. The third-order valence-electron chi connectivity index (χ3n) is 7.16. The molecule has 12 heteroatoms. The molecule has 0 bridgehead atoms. The maximum absolute atomic E-state index is 12.9. The van der Waals surface area contributed by atoms with Crippen molar-refractivity contribution in [2.24, 2.45) is 0 Å². The summed E-state index contributed by atoms with van der Waals surface area (Å²) in [6.07, 6.45) is 1.43. The van der Waals surface area contributed by atoms with Crippen molar-refractivity contribution in [2.45, 2.75) is 110 Å². The Kier molecular flexibility index (Phi) is 10.2. The number of carboxylic acid groups (broad SMARTS) is 1. The van der Waals surface area contributed by atoms with Crippen molar-refractivity contribution in [1.29, 1.82) is 0 Å². The van der Waals surface area contributed by atoms with Crippen molar-refractivity contribution in [3.63, 3.8) is 0 Å². The molecule has 2 heterocycles. The lowest BCUT2D eigenvalue weighted by Crippen LogP contribution is -2.54. The Labute approximate surface area is 247 Å². The average Bonchev–Trinajstić information content (AvgIpc) is 3.42. The fraction of sp³-hybridized carbons (Fsp3) is 0.655. The number of nitrogens with zero attached hydrogens (tertiary/aromatic N) is 2. The Morgan fingerprint density at radius 3 is 1.78 bits per heavy atom. The molecule has 0 radical (unpaired) electrons. The zero-order valence-corrected chi connectivity index (χ0v) is 26.4. The number of amides is 3. The van der Waals surface area contributed by atoms with Crippen LogP contribution in [0.25, 0.3) is 0 Å². The van der Waals surface area contributed by atoms with Crippen LogP contribution in [0.1, 0.15) is 86.6 Å². The first-order chi connectivity index (χ1) is 18.6. The van der Waals surface area contributed by atoms with Crippen molar-refractivity contribution in [3.05, 3.63) is 22.7 Å². The zero-order valence-electron chi connectivity index (χ0n) is 25.6. The molecule has 3 rings (SSSR count). The summed E-state index contributed by atoms with van der Waals surface area (Å²) in [4.78, 5) is 51.2. The van der Waals surface area contributed by atoms with Gasteiger partial charge in [-0.25, -0.2) is 14.4 Å². The van der Waals surface area contributed by atoms with E-state index >= 15 is 0 Å². The van der Waals surface area contributed by atoms with Crippen molar-refractivity contribution >= 4 is 47.0 Å². The van der Waals surface area contributed by atoms with Crippen LogP contribution in [0, 0.1) is 6.92 Å². The number of carbonyl (C=O) groups excluding carboxylic acids is 3. The monoisotopic (exact) mass is 596 g/mol. The Hall–Kier alpha value is -3.21. The highest BCUT2D eigenvalue weighted by atomic mass is 35.5. The van der Waals surface area contributed by atoms with Gasteiger partial charge in [-0.15, -0.1) is 0 Å². The van der Waals surface area contributed by atoms with Crippen LogP contribution >= 0.6 is 11.6 Å². The summed E-state index contributed by atoms with van der Waals surface area (Å²) in [6, 6.07) is 3.35. The second-order valence-corrected chi connectivity index (χ2v) is 13.3. The van der Waals surface area contributed by atoms with E-state index in [0.717, 1.165) is 6.42 Å². The number of halogens is 1. The second kappa shape index (κ2) is 12.3. The van der Waals surface area contributed by atoms with Gasteiger partial charge in [0.25, 0.3) is 0 Å². The molecule has 0 aromatic heterocycles. The summed E-state index contributed by atoms with van der Waals surface area (Å²) in [5.41, 5.74) is 4.35. The van der Waals surface area contributed by atoms with Crippen LogP contribution in [0.5, 0.6) is 0 Å². The fourth-order valence-electron chi connectivity index (χ4n) is 4.67. The summed E-state index contributed by atoms with van der Waals surface area (Å²) in [5.74, 6) is -1.26. The van der Waals surface area contributed by atoms with Gasteiger partial charge in [0.1, 0.15) is 22.3 Å². The number of anilines is 2. The third-order valence-corrected chi connectivity index (χ3v) is 7.57. The van der Waals surface area contributed by atoms with Crippen LogP contribution in [-0.2, 0) is 19.1 Å². The predicted octanol–water partition coefficient (Wildman–Crippen LogP) is 5.82.